The zero-order chi connectivity index (χ0) is 13.4. The lowest BCUT2D eigenvalue weighted by Crippen LogP contribution is -2.72. The van der Waals surface area contributed by atoms with E-state index < -0.39 is 17.1 Å². The summed E-state index contributed by atoms with van der Waals surface area (Å²) < 4.78 is 0. The molecule has 0 aromatic carbocycles. The molecule has 1 saturated carbocycles. The van der Waals surface area contributed by atoms with E-state index in [0.717, 1.165) is 0 Å². The number of carbonyl (C=O) groups excluding carboxylic acids is 2. The number of nitrogens with one attached hydrogen (secondary N) is 1. The highest BCUT2D eigenvalue weighted by Gasteiger charge is 2.68. The van der Waals surface area contributed by atoms with Crippen molar-refractivity contribution in [2.24, 2.45) is 11.3 Å². The standard InChI is InChI=1S/C14H16N2O3/c1-16-9-3-7-14(12(16)19)10(17)4-6-13(14)5-2-8(9)11(18)15-13/h2-3,5,7-10,17H,4,6H2,1H3,(H,15,18)/t8-,9-,10+,13-,14+/m1/s1. The summed E-state index contributed by atoms with van der Waals surface area (Å²) in [6, 6.07) is -0.250. The molecule has 2 spiro atoms. The molecule has 2 fully saturated rings. The van der Waals surface area contributed by atoms with E-state index in [2.05, 4.69) is 5.32 Å². The van der Waals surface area contributed by atoms with E-state index in [-0.39, 0.29) is 23.8 Å². The second-order valence-electron chi connectivity index (χ2n) is 6.03. The van der Waals surface area contributed by atoms with Crippen LogP contribution in [0.15, 0.2) is 24.3 Å². The van der Waals surface area contributed by atoms with Crippen LogP contribution in [0.3, 0.4) is 0 Å². The molecule has 7 rings (SSSR count). The molecule has 5 aliphatic heterocycles. The predicted octanol–water partition coefficient (Wildman–Crippen LogP) is -0.421. The lowest BCUT2D eigenvalue weighted by molar-refractivity contribution is -0.155. The van der Waals surface area contributed by atoms with E-state index in [4.69, 9.17) is 0 Å². The van der Waals surface area contributed by atoms with Crippen molar-refractivity contribution in [1.29, 1.82) is 0 Å². The normalized spacial score (nSPS) is 50.2. The maximum absolute atomic E-state index is 12.8. The number of aliphatic hydroxyl groups is 1. The second-order valence-corrected chi connectivity index (χ2v) is 6.03. The molecule has 0 unspecified atom stereocenters. The van der Waals surface area contributed by atoms with Crippen LogP contribution in [-0.4, -0.2) is 46.6 Å². The highest BCUT2D eigenvalue weighted by atomic mass is 16.3. The third-order valence-electron chi connectivity index (χ3n) is 5.36. The molecule has 5 nitrogen and oxygen atoms in total. The van der Waals surface area contributed by atoms with Crippen molar-refractivity contribution in [3.8, 4) is 0 Å². The van der Waals surface area contributed by atoms with Gasteiger partial charge in [-0.25, -0.2) is 0 Å². The zero-order valence-corrected chi connectivity index (χ0v) is 10.7. The predicted molar refractivity (Wildman–Crippen MR) is 66.9 cm³/mol. The number of hydrogen-bond donors (Lipinski definition) is 2. The smallest absolute Gasteiger partial charge is 0.238 e. The molecule has 2 aliphatic carbocycles. The van der Waals surface area contributed by atoms with Crippen LogP contribution < -0.4 is 5.32 Å². The van der Waals surface area contributed by atoms with Gasteiger partial charge in [0.1, 0.15) is 5.41 Å². The fourth-order valence-electron chi connectivity index (χ4n) is 4.28. The van der Waals surface area contributed by atoms with Crippen LogP contribution in [0.2, 0.25) is 0 Å². The third-order valence-corrected chi connectivity index (χ3v) is 5.36. The van der Waals surface area contributed by atoms with E-state index in [1.54, 1.807) is 11.9 Å². The summed E-state index contributed by atoms with van der Waals surface area (Å²) in [5.41, 5.74) is -1.79. The van der Waals surface area contributed by atoms with Gasteiger partial charge in [-0.15, -0.1) is 0 Å². The monoisotopic (exact) mass is 260 g/mol. The summed E-state index contributed by atoms with van der Waals surface area (Å²) >= 11 is 0. The molecule has 7 aliphatic rings. The third kappa shape index (κ3) is 0.994. The Morgan fingerprint density at radius 1 is 1.37 bits per heavy atom. The highest BCUT2D eigenvalue weighted by molar-refractivity contribution is 5.96. The number of likely N-dealkylation sites (N-methyl/N-ethyl adjacent to an activating group) is 1. The van der Waals surface area contributed by atoms with Crippen LogP contribution in [0.1, 0.15) is 12.8 Å². The van der Waals surface area contributed by atoms with Crippen molar-refractivity contribution in [3.63, 3.8) is 0 Å². The van der Waals surface area contributed by atoms with Gasteiger partial charge in [-0.2, -0.15) is 0 Å². The van der Waals surface area contributed by atoms with Crippen molar-refractivity contribution < 1.29 is 14.7 Å². The fraction of sp³-hybridized carbons (Fsp3) is 0.571. The van der Waals surface area contributed by atoms with Crippen LogP contribution in [0.5, 0.6) is 0 Å². The minimum Gasteiger partial charge on any atom is -0.392 e. The van der Waals surface area contributed by atoms with Gasteiger partial charge in [-0.3, -0.25) is 9.59 Å². The first-order valence-corrected chi connectivity index (χ1v) is 6.68. The van der Waals surface area contributed by atoms with Gasteiger partial charge in [0.05, 0.1) is 23.6 Å². The lowest BCUT2D eigenvalue weighted by atomic mass is 9.62. The minimum atomic E-state index is -1.03. The van der Waals surface area contributed by atoms with E-state index >= 15 is 0 Å². The van der Waals surface area contributed by atoms with Crippen LogP contribution in [-0.2, 0) is 9.59 Å². The number of hydrogen-bond acceptors (Lipinski definition) is 3. The number of aliphatic hydroxyl groups excluding tert-OH is 1. The van der Waals surface area contributed by atoms with Gasteiger partial charge in [0.2, 0.25) is 11.8 Å². The summed E-state index contributed by atoms with van der Waals surface area (Å²) in [5.74, 6) is -0.458. The summed E-state index contributed by atoms with van der Waals surface area (Å²) in [6.07, 6.45) is 7.96. The molecule has 4 bridgehead atoms. The molecular formula is C14H16N2O3. The molecule has 0 aromatic rings. The Balaban J connectivity index is 2.05. The molecule has 0 radical (unpaired) electrons. The maximum Gasteiger partial charge on any atom is 0.238 e. The minimum absolute atomic E-state index is 0.0466. The second kappa shape index (κ2) is 3.10. The zero-order valence-electron chi connectivity index (χ0n) is 10.7. The highest BCUT2D eigenvalue weighted by Crippen LogP contribution is 2.54. The first-order valence-electron chi connectivity index (χ1n) is 6.68. The van der Waals surface area contributed by atoms with Crippen molar-refractivity contribution in [2.45, 2.75) is 30.5 Å². The molecule has 5 heterocycles. The van der Waals surface area contributed by atoms with E-state index in [9.17, 15) is 14.7 Å². The molecule has 19 heavy (non-hydrogen) atoms. The average Bonchev–Trinajstić information content (AvgIpc) is 2.60. The molecule has 1 saturated heterocycles. The Bertz CT molecular complexity index is 555. The molecule has 100 valence electrons. The Labute approximate surface area is 111 Å². The summed E-state index contributed by atoms with van der Waals surface area (Å²) in [6.45, 7) is 0. The molecular weight excluding hydrogens is 244 g/mol. The Morgan fingerprint density at radius 3 is 2.89 bits per heavy atom. The Hall–Kier alpha value is -1.62. The lowest BCUT2D eigenvalue weighted by Gasteiger charge is -2.54. The van der Waals surface area contributed by atoms with Gasteiger partial charge in [-0.1, -0.05) is 24.3 Å². The first kappa shape index (κ1) is 11.2. The quantitative estimate of drug-likeness (QED) is 0.581. The van der Waals surface area contributed by atoms with Crippen LogP contribution >= 0.6 is 0 Å². The fourth-order valence-corrected chi connectivity index (χ4v) is 4.28. The molecule has 0 aromatic heterocycles. The summed E-state index contributed by atoms with van der Waals surface area (Å²) in [4.78, 5) is 26.7. The first-order chi connectivity index (χ1) is 9.02. The average molecular weight is 260 g/mol. The van der Waals surface area contributed by atoms with Crippen molar-refractivity contribution in [3.05, 3.63) is 24.3 Å². The maximum atomic E-state index is 12.8. The van der Waals surface area contributed by atoms with Gasteiger partial charge >= 0.3 is 0 Å². The van der Waals surface area contributed by atoms with E-state index in [1.165, 1.54) is 0 Å². The van der Waals surface area contributed by atoms with Gasteiger partial charge in [-0.05, 0) is 12.8 Å². The molecule has 5 atom stereocenters. The van der Waals surface area contributed by atoms with Crippen LogP contribution in [0, 0.1) is 11.3 Å². The van der Waals surface area contributed by atoms with Crippen LogP contribution in [0.25, 0.3) is 0 Å². The largest absolute Gasteiger partial charge is 0.392 e. The Kier molecular flexibility index (Phi) is 1.83. The van der Waals surface area contributed by atoms with Gasteiger partial charge in [0.25, 0.3) is 0 Å². The van der Waals surface area contributed by atoms with Crippen molar-refractivity contribution in [2.75, 3.05) is 7.05 Å². The van der Waals surface area contributed by atoms with E-state index in [0.29, 0.717) is 12.8 Å². The van der Waals surface area contributed by atoms with E-state index in [1.807, 2.05) is 24.3 Å². The van der Waals surface area contributed by atoms with Crippen molar-refractivity contribution >= 4 is 11.8 Å². The van der Waals surface area contributed by atoms with Crippen molar-refractivity contribution in [1.82, 2.24) is 10.2 Å². The summed E-state index contributed by atoms with van der Waals surface area (Å²) in [7, 11) is 1.72. The van der Waals surface area contributed by atoms with Gasteiger partial charge < -0.3 is 15.3 Å². The Morgan fingerprint density at radius 2 is 2.16 bits per heavy atom. The van der Waals surface area contributed by atoms with Gasteiger partial charge in [0, 0.05) is 7.05 Å². The summed E-state index contributed by atoms with van der Waals surface area (Å²) in [5, 5.41) is 13.4. The van der Waals surface area contributed by atoms with Crippen LogP contribution in [0.4, 0.5) is 0 Å². The van der Waals surface area contributed by atoms with Gasteiger partial charge in [0.15, 0.2) is 0 Å². The number of rotatable bonds is 0. The number of nitrogens with zero attached hydrogens (tertiary/aromatic N) is 1. The molecule has 2 N–H and O–H groups in total. The number of amides is 2. The topological polar surface area (TPSA) is 69.6 Å². The molecule has 2 amide bonds. The number of carbonyl (C=O) groups is 2. The molecule has 5 heteroatoms. The SMILES string of the molecule is CN1C(=O)[C@@]23C=C[C@@H]1[C@H]1C=C[C@]2(CC[C@@H]3O)NC1=O.